The summed E-state index contributed by atoms with van der Waals surface area (Å²) in [6.07, 6.45) is 0.478. The van der Waals surface area contributed by atoms with Gasteiger partial charge < -0.3 is 9.30 Å². The third-order valence-corrected chi connectivity index (χ3v) is 4.68. The Labute approximate surface area is 116 Å². The molecule has 106 valence electrons. The summed E-state index contributed by atoms with van der Waals surface area (Å²) in [5.41, 5.74) is 0.509. The molecule has 2 heterocycles. The number of ketones is 1. The topological polar surface area (TPSA) is 65.4 Å². The van der Waals surface area contributed by atoms with Crippen molar-refractivity contribution in [2.75, 3.05) is 7.11 Å². The molecule has 0 spiro atoms. The average molecular weight is 275 g/mol. The molecule has 0 bridgehead atoms. The molecule has 0 amide bonds. The maximum absolute atomic E-state index is 12.2. The number of aromatic nitrogens is 1. The van der Waals surface area contributed by atoms with Crippen LogP contribution in [0.4, 0.5) is 0 Å². The Morgan fingerprint density at radius 1 is 1.35 bits per heavy atom. The first kappa shape index (κ1) is 13.1. The van der Waals surface area contributed by atoms with Crippen molar-refractivity contribution in [3.8, 4) is 0 Å². The van der Waals surface area contributed by atoms with Gasteiger partial charge in [-0.3, -0.25) is 14.4 Å². The second-order valence-corrected chi connectivity index (χ2v) is 5.73. The van der Waals surface area contributed by atoms with E-state index in [0.29, 0.717) is 18.7 Å². The van der Waals surface area contributed by atoms with Crippen molar-refractivity contribution in [1.82, 2.24) is 4.57 Å². The van der Waals surface area contributed by atoms with E-state index in [-0.39, 0.29) is 35.1 Å². The van der Waals surface area contributed by atoms with Gasteiger partial charge in [-0.05, 0) is 17.9 Å². The summed E-state index contributed by atoms with van der Waals surface area (Å²) in [7, 11) is 1.35. The molecule has 0 radical (unpaired) electrons. The van der Waals surface area contributed by atoms with Gasteiger partial charge in [-0.2, -0.15) is 0 Å². The third kappa shape index (κ3) is 1.72. The summed E-state index contributed by atoms with van der Waals surface area (Å²) in [4.78, 5) is 36.3. The fourth-order valence-corrected chi connectivity index (χ4v) is 3.80. The van der Waals surface area contributed by atoms with Gasteiger partial charge in [0.05, 0.1) is 7.11 Å². The van der Waals surface area contributed by atoms with E-state index in [2.05, 4.69) is 0 Å². The highest BCUT2D eigenvalue weighted by molar-refractivity contribution is 5.87. The van der Waals surface area contributed by atoms with Gasteiger partial charge in [0.25, 0.3) is 5.56 Å². The number of hydrogen-bond donors (Lipinski definition) is 0. The molecule has 2 aliphatic rings. The number of Topliss-reactive ketones (excluding diaryl/α,β-unsaturated/α-hetero) is 1. The highest BCUT2D eigenvalue weighted by Crippen LogP contribution is 2.47. The second-order valence-electron chi connectivity index (χ2n) is 5.73. The van der Waals surface area contributed by atoms with E-state index < -0.39 is 5.92 Å². The quantitative estimate of drug-likeness (QED) is 0.716. The van der Waals surface area contributed by atoms with E-state index in [4.69, 9.17) is 4.74 Å². The Morgan fingerprint density at radius 2 is 2.10 bits per heavy atom. The van der Waals surface area contributed by atoms with Crippen LogP contribution in [0.5, 0.6) is 0 Å². The highest BCUT2D eigenvalue weighted by atomic mass is 16.5. The van der Waals surface area contributed by atoms with Crippen molar-refractivity contribution < 1.29 is 14.3 Å². The van der Waals surface area contributed by atoms with Crippen molar-refractivity contribution in [3.05, 3.63) is 34.2 Å². The smallest absolute Gasteiger partial charge is 0.314 e. The van der Waals surface area contributed by atoms with Gasteiger partial charge in [-0.15, -0.1) is 0 Å². The van der Waals surface area contributed by atoms with Crippen LogP contribution >= 0.6 is 0 Å². The third-order valence-electron chi connectivity index (χ3n) is 4.68. The number of fused-ring (bicyclic) bond motifs is 2. The SMILES string of the molecule is COC(=O)[C@@H]1c2cccc(=O)n2C[C@@H]2C(=O)C[C@@H](C)[C@@H]21. The van der Waals surface area contributed by atoms with Gasteiger partial charge >= 0.3 is 5.97 Å². The number of ether oxygens (including phenoxy) is 1. The maximum atomic E-state index is 12.2. The summed E-state index contributed by atoms with van der Waals surface area (Å²) in [6.45, 7) is 2.38. The summed E-state index contributed by atoms with van der Waals surface area (Å²) < 4.78 is 6.47. The predicted octanol–water partition coefficient (Wildman–Crippen LogP) is 0.960. The lowest BCUT2D eigenvalue weighted by Crippen LogP contribution is -2.42. The zero-order valence-electron chi connectivity index (χ0n) is 11.5. The van der Waals surface area contributed by atoms with Crippen LogP contribution in [0, 0.1) is 17.8 Å². The van der Waals surface area contributed by atoms with Crippen molar-refractivity contribution in [2.24, 2.45) is 17.8 Å². The number of pyridine rings is 1. The molecule has 1 aliphatic carbocycles. The number of hydrogen-bond acceptors (Lipinski definition) is 4. The van der Waals surface area contributed by atoms with E-state index in [1.165, 1.54) is 13.2 Å². The first-order valence-corrected chi connectivity index (χ1v) is 6.85. The first-order chi connectivity index (χ1) is 9.54. The molecule has 1 aliphatic heterocycles. The van der Waals surface area contributed by atoms with Gasteiger partial charge in [0.2, 0.25) is 0 Å². The van der Waals surface area contributed by atoms with Crippen LogP contribution < -0.4 is 5.56 Å². The van der Waals surface area contributed by atoms with Crippen LogP contribution in [-0.2, 0) is 20.9 Å². The Morgan fingerprint density at radius 3 is 2.80 bits per heavy atom. The molecule has 0 saturated heterocycles. The van der Waals surface area contributed by atoms with E-state index in [1.807, 2.05) is 6.92 Å². The van der Waals surface area contributed by atoms with Crippen LogP contribution in [0.3, 0.4) is 0 Å². The Bertz CT molecular complexity index is 633. The zero-order valence-corrected chi connectivity index (χ0v) is 11.5. The molecule has 5 heteroatoms. The molecule has 1 fully saturated rings. The molecule has 1 saturated carbocycles. The van der Waals surface area contributed by atoms with Gasteiger partial charge in [-0.1, -0.05) is 13.0 Å². The van der Waals surface area contributed by atoms with Crippen molar-refractivity contribution in [1.29, 1.82) is 0 Å². The lowest BCUT2D eigenvalue weighted by Gasteiger charge is -2.35. The molecule has 1 aromatic heterocycles. The number of carbonyl (C=O) groups excluding carboxylic acids is 2. The minimum Gasteiger partial charge on any atom is -0.468 e. The number of methoxy groups -OCH3 is 1. The largest absolute Gasteiger partial charge is 0.468 e. The summed E-state index contributed by atoms with van der Waals surface area (Å²) >= 11 is 0. The molecule has 0 N–H and O–H groups in total. The molecule has 3 rings (SSSR count). The van der Waals surface area contributed by atoms with Crippen molar-refractivity contribution >= 4 is 11.8 Å². The lowest BCUT2D eigenvalue weighted by molar-refractivity contribution is -0.145. The van der Waals surface area contributed by atoms with E-state index in [1.54, 1.807) is 16.7 Å². The minimum atomic E-state index is -0.519. The average Bonchev–Trinajstić information content (AvgIpc) is 2.72. The highest BCUT2D eigenvalue weighted by Gasteiger charge is 2.51. The Balaban J connectivity index is 2.18. The van der Waals surface area contributed by atoms with Crippen LogP contribution in [0.1, 0.15) is 25.0 Å². The lowest BCUT2D eigenvalue weighted by atomic mass is 9.74. The van der Waals surface area contributed by atoms with Crippen LogP contribution in [-0.4, -0.2) is 23.4 Å². The molecule has 4 atom stereocenters. The molecule has 20 heavy (non-hydrogen) atoms. The van der Waals surface area contributed by atoms with Crippen molar-refractivity contribution in [2.45, 2.75) is 25.8 Å². The summed E-state index contributed by atoms with van der Waals surface area (Å²) in [6, 6.07) is 4.90. The molecule has 1 aromatic rings. The zero-order chi connectivity index (χ0) is 14.4. The van der Waals surface area contributed by atoms with E-state index >= 15 is 0 Å². The van der Waals surface area contributed by atoms with Crippen LogP contribution in [0.25, 0.3) is 0 Å². The fraction of sp³-hybridized carbons (Fsp3) is 0.533. The summed E-state index contributed by atoms with van der Waals surface area (Å²) in [5, 5.41) is 0. The Kier molecular flexibility index (Phi) is 3.00. The molecule has 0 unspecified atom stereocenters. The minimum absolute atomic E-state index is 0.0586. The Hall–Kier alpha value is -1.91. The van der Waals surface area contributed by atoms with Gasteiger partial charge in [0.15, 0.2) is 0 Å². The van der Waals surface area contributed by atoms with E-state index in [9.17, 15) is 14.4 Å². The van der Waals surface area contributed by atoms with E-state index in [0.717, 1.165) is 0 Å². The number of esters is 1. The van der Waals surface area contributed by atoms with Gasteiger partial charge in [-0.25, -0.2) is 0 Å². The number of carbonyl (C=O) groups is 2. The molecule has 5 nitrogen and oxygen atoms in total. The van der Waals surface area contributed by atoms with Crippen LogP contribution in [0.15, 0.2) is 23.0 Å². The monoisotopic (exact) mass is 275 g/mol. The number of rotatable bonds is 1. The van der Waals surface area contributed by atoms with Gasteiger partial charge in [0.1, 0.15) is 11.7 Å². The second kappa shape index (κ2) is 4.58. The molecular weight excluding hydrogens is 258 g/mol. The molecule has 0 aromatic carbocycles. The predicted molar refractivity (Wildman–Crippen MR) is 71.2 cm³/mol. The summed E-state index contributed by atoms with van der Waals surface area (Å²) in [5.74, 6) is -0.897. The normalized spacial score (nSPS) is 31.6. The van der Waals surface area contributed by atoms with Crippen LogP contribution in [0.2, 0.25) is 0 Å². The fourth-order valence-electron chi connectivity index (χ4n) is 3.80. The maximum Gasteiger partial charge on any atom is 0.314 e. The van der Waals surface area contributed by atoms with Crippen molar-refractivity contribution in [3.63, 3.8) is 0 Å². The molecular formula is C15H17NO4. The standard InChI is InChI=1S/C15H17NO4/c1-8-6-11(17)9-7-16-10(4-3-5-12(16)18)14(13(8)9)15(19)20-2/h3-5,8-9,13-14H,6-7H2,1-2H3/t8-,9-,13+,14-/m1/s1. The van der Waals surface area contributed by atoms with Gasteiger partial charge in [0, 0.05) is 30.6 Å². The first-order valence-electron chi connectivity index (χ1n) is 6.85. The number of nitrogens with zero attached hydrogens (tertiary/aromatic N) is 1.